The number of likely N-dealkylation sites (tertiary alicyclic amines) is 2. The highest BCUT2D eigenvalue weighted by molar-refractivity contribution is 5.88. The highest BCUT2D eigenvalue weighted by Gasteiger charge is 2.46. The van der Waals surface area contributed by atoms with E-state index in [1.54, 1.807) is 35.2 Å². The average molecular weight is 425 g/mol. The molecule has 3 amide bonds. The van der Waals surface area contributed by atoms with Crippen LogP contribution in [0, 0.1) is 5.41 Å². The van der Waals surface area contributed by atoms with Crippen LogP contribution >= 0.6 is 0 Å². The summed E-state index contributed by atoms with van der Waals surface area (Å²) in [4.78, 5) is 53.8. The summed E-state index contributed by atoms with van der Waals surface area (Å²) in [5.41, 5.74) is 0.728. The Morgan fingerprint density at radius 2 is 1.77 bits per heavy atom. The van der Waals surface area contributed by atoms with Crippen molar-refractivity contribution in [2.24, 2.45) is 5.41 Å². The van der Waals surface area contributed by atoms with E-state index in [0.29, 0.717) is 38.3 Å². The van der Waals surface area contributed by atoms with Crippen LogP contribution in [0.3, 0.4) is 0 Å². The zero-order valence-corrected chi connectivity index (χ0v) is 16.9. The van der Waals surface area contributed by atoms with Crippen LogP contribution in [0.5, 0.6) is 0 Å². The van der Waals surface area contributed by atoms with Crippen molar-refractivity contribution in [3.8, 4) is 5.69 Å². The molecule has 1 spiro atoms. The van der Waals surface area contributed by atoms with Crippen LogP contribution in [0.4, 0.5) is 15.4 Å². The van der Waals surface area contributed by atoms with Crippen molar-refractivity contribution in [2.45, 2.75) is 19.3 Å². The van der Waals surface area contributed by atoms with Crippen LogP contribution in [0.1, 0.15) is 18.4 Å². The van der Waals surface area contributed by atoms with E-state index in [9.17, 15) is 24.3 Å². The zero-order valence-electron chi connectivity index (χ0n) is 16.9. The van der Waals surface area contributed by atoms with Gasteiger partial charge in [-0.2, -0.15) is 4.98 Å². The Morgan fingerprint density at radius 3 is 2.39 bits per heavy atom. The lowest BCUT2D eigenvalue weighted by Crippen LogP contribution is -2.37. The molecule has 3 heterocycles. The first-order chi connectivity index (χ1) is 14.9. The summed E-state index contributed by atoms with van der Waals surface area (Å²) < 4.78 is 1.35. The topological polar surface area (TPSA) is 125 Å². The van der Waals surface area contributed by atoms with Crippen molar-refractivity contribution in [1.29, 1.82) is 0 Å². The normalized spacial score (nSPS) is 20.3. The van der Waals surface area contributed by atoms with E-state index in [4.69, 9.17) is 0 Å². The lowest BCUT2D eigenvalue weighted by molar-refractivity contribution is -0.107. The van der Waals surface area contributed by atoms with E-state index in [2.05, 4.69) is 10.3 Å². The highest BCUT2D eigenvalue weighted by atomic mass is 16.4. The number of nitrogens with zero attached hydrogens (tertiary/aromatic N) is 4. The third kappa shape index (κ3) is 4.27. The Kier molecular flexibility index (Phi) is 5.45. The molecule has 0 bridgehead atoms. The first-order valence-corrected chi connectivity index (χ1v) is 10.1. The fraction of sp³-hybridized carbons (Fsp3) is 0.381. The second kappa shape index (κ2) is 8.21. The molecule has 1 aromatic heterocycles. The van der Waals surface area contributed by atoms with Crippen LogP contribution in [0.15, 0.2) is 41.3 Å². The minimum Gasteiger partial charge on any atom is -0.465 e. The van der Waals surface area contributed by atoms with Gasteiger partial charge in [-0.1, -0.05) is 12.1 Å². The second-order valence-electron chi connectivity index (χ2n) is 8.06. The Labute approximate surface area is 178 Å². The Hall–Kier alpha value is -3.69. The van der Waals surface area contributed by atoms with Crippen molar-refractivity contribution in [3.05, 3.63) is 52.6 Å². The number of carboxylic acid groups (broad SMARTS) is 1. The van der Waals surface area contributed by atoms with Gasteiger partial charge in [0.25, 0.3) is 0 Å². The Balaban J connectivity index is 1.40. The summed E-state index contributed by atoms with van der Waals surface area (Å²) in [7, 11) is 0. The number of rotatable bonds is 4. The molecule has 2 N–H and O–H groups in total. The van der Waals surface area contributed by atoms with E-state index in [1.165, 1.54) is 15.7 Å². The number of aromatic nitrogens is 2. The van der Waals surface area contributed by atoms with E-state index < -0.39 is 11.8 Å². The zero-order chi connectivity index (χ0) is 22.0. The standard InChI is InChI=1S/C21H23N5O5/c27-12-6-15-1-3-16(4-2-15)26-9-5-17(23-19(26)29)22-18(28)24-10-7-21(13-24)8-11-25(14-21)20(30)31/h1-5,9,12H,6-8,10-11,13-14H2,(H,30,31)(H,22,23,28,29). The predicted octanol–water partition coefficient (Wildman–Crippen LogP) is 1.58. The molecular weight excluding hydrogens is 402 g/mol. The van der Waals surface area contributed by atoms with Crippen LogP contribution in [-0.2, 0) is 11.2 Å². The van der Waals surface area contributed by atoms with Gasteiger partial charge in [0.05, 0.1) is 5.69 Å². The molecule has 2 aromatic rings. The molecule has 2 aliphatic heterocycles. The highest BCUT2D eigenvalue weighted by Crippen LogP contribution is 2.39. The van der Waals surface area contributed by atoms with Gasteiger partial charge in [0.2, 0.25) is 0 Å². The number of hydrogen-bond acceptors (Lipinski definition) is 5. The number of aldehydes is 1. The number of nitrogens with one attached hydrogen (secondary N) is 1. The minimum absolute atomic E-state index is 0.156. The fourth-order valence-corrected chi connectivity index (χ4v) is 4.29. The third-order valence-corrected chi connectivity index (χ3v) is 6.01. The molecule has 1 unspecified atom stereocenters. The van der Waals surface area contributed by atoms with Crippen molar-refractivity contribution >= 4 is 24.2 Å². The van der Waals surface area contributed by atoms with E-state index in [0.717, 1.165) is 24.7 Å². The number of hydrogen-bond donors (Lipinski definition) is 2. The molecule has 31 heavy (non-hydrogen) atoms. The lowest BCUT2D eigenvalue weighted by atomic mass is 9.86. The summed E-state index contributed by atoms with van der Waals surface area (Å²) in [5.74, 6) is 0.156. The maximum atomic E-state index is 12.6. The summed E-state index contributed by atoms with van der Waals surface area (Å²) >= 11 is 0. The fourth-order valence-electron chi connectivity index (χ4n) is 4.29. The number of benzene rings is 1. The molecule has 4 rings (SSSR count). The Morgan fingerprint density at radius 1 is 1.10 bits per heavy atom. The molecule has 0 aliphatic carbocycles. The second-order valence-corrected chi connectivity index (χ2v) is 8.06. The largest absolute Gasteiger partial charge is 0.465 e. The molecule has 0 radical (unpaired) electrons. The van der Waals surface area contributed by atoms with Crippen LogP contribution in [0.25, 0.3) is 5.69 Å². The number of urea groups is 1. The van der Waals surface area contributed by atoms with Gasteiger partial charge in [-0.3, -0.25) is 9.88 Å². The van der Waals surface area contributed by atoms with Gasteiger partial charge in [-0.25, -0.2) is 14.4 Å². The number of amides is 3. The summed E-state index contributed by atoms with van der Waals surface area (Å²) in [6, 6.07) is 8.19. The maximum Gasteiger partial charge on any atom is 0.407 e. The van der Waals surface area contributed by atoms with Gasteiger partial charge in [-0.05, 0) is 36.6 Å². The molecule has 162 valence electrons. The summed E-state index contributed by atoms with van der Waals surface area (Å²) in [6.07, 6.45) is 3.22. The molecular formula is C21H23N5O5. The van der Waals surface area contributed by atoms with Crippen LogP contribution in [-0.4, -0.2) is 69.0 Å². The van der Waals surface area contributed by atoms with Gasteiger partial charge in [0, 0.05) is 44.2 Å². The van der Waals surface area contributed by atoms with Crippen LogP contribution < -0.4 is 11.0 Å². The molecule has 2 fully saturated rings. The molecule has 10 nitrogen and oxygen atoms in total. The third-order valence-electron chi connectivity index (χ3n) is 6.01. The monoisotopic (exact) mass is 425 g/mol. The SMILES string of the molecule is O=CCc1ccc(-n2ccc(NC(=O)N3CCC4(CCN(C(=O)O)C4)C3)nc2=O)cc1. The molecule has 2 saturated heterocycles. The Bertz CT molecular complexity index is 1070. The summed E-state index contributed by atoms with van der Waals surface area (Å²) in [5, 5.41) is 11.8. The predicted molar refractivity (Wildman–Crippen MR) is 111 cm³/mol. The van der Waals surface area contributed by atoms with Gasteiger partial charge in [-0.15, -0.1) is 0 Å². The van der Waals surface area contributed by atoms with E-state index >= 15 is 0 Å². The molecule has 0 saturated carbocycles. The average Bonchev–Trinajstić information content (AvgIpc) is 3.36. The van der Waals surface area contributed by atoms with E-state index in [1.807, 2.05) is 0 Å². The first-order valence-electron chi connectivity index (χ1n) is 10.1. The first kappa shape index (κ1) is 20.6. The minimum atomic E-state index is -0.928. The van der Waals surface area contributed by atoms with Crippen LogP contribution in [0.2, 0.25) is 0 Å². The van der Waals surface area contributed by atoms with Gasteiger partial charge in [0.1, 0.15) is 12.1 Å². The summed E-state index contributed by atoms with van der Waals surface area (Å²) in [6.45, 7) is 1.93. The van der Waals surface area contributed by atoms with Crippen molar-refractivity contribution in [2.75, 3.05) is 31.5 Å². The quantitative estimate of drug-likeness (QED) is 0.717. The molecule has 2 aliphatic rings. The number of anilines is 1. The van der Waals surface area contributed by atoms with Gasteiger partial charge >= 0.3 is 17.8 Å². The molecule has 10 heteroatoms. The maximum absolute atomic E-state index is 12.6. The van der Waals surface area contributed by atoms with Gasteiger partial charge in [0.15, 0.2) is 0 Å². The van der Waals surface area contributed by atoms with Crippen molar-refractivity contribution < 1.29 is 19.5 Å². The van der Waals surface area contributed by atoms with E-state index in [-0.39, 0.29) is 17.3 Å². The number of carbonyl (C=O) groups excluding carboxylic acids is 2. The van der Waals surface area contributed by atoms with Gasteiger partial charge < -0.3 is 19.7 Å². The molecule has 1 atom stereocenters. The lowest BCUT2D eigenvalue weighted by Gasteiger charge is -2.23. The smallest absolute Gasteiger partial charge is 0.407 e. The number of carbonyl (C=O) groups is 3. The molecule has 1 aromatic carbocycles. The van der Waals surface area contributed by atoms with Crippen molar-refractivity contribution in [1.82, 2.24) is 19.4 Å². The van der Waals surface area contributed by atoms with Crippen molar-refractivity contribution in [3.63, 3.8) is 0 Å².